The number of aromatic hydroxyl groups is 1. The van der Waals surface area contributed by atoms with E-state index in [1.165, 1.54) is 6.07 Å². The summed E-state index contributed by atoms with van der Waals surface area (Å²) in [5.74, 6) is -0.962. The zero-order valence-electron chi connectivity index (χ0n) is 6.90. The lowest BCUT2D eigenvalue weighted by Gasteiger charge is -2.11. The summed E-state index contributed by atoms with van der Waals surface area (Å²) < 4.78 is 36.9. The number of hydrogen-bond donors (Lipinski definition) is 2. The predicted octanol–water partition coefficient (Wildman–Crippen LogP) is 2.52. The van der Waals surface area contributed by atoms with E-state index in [4.69, 9.17) is 22.4 Å². The highest BCUT2D eigenvalue weighted by molar-refractivity contribution is 6.32. The molecule has 0 aliphatic rings. The Bertz CT molecular complexity index is 351. The summed E-state index contributed by atoms with van der Waals surface area (Å²) in [6.07, 6.45) is -4.63. The van der Waals surface area contributed by atoms with E-state index in [0.717, 1.165) is 6.07 Å². The maximum Gasteiger partial charge on any atom is 0.420 e. The van der Waals surface area contributed by atoms with Crippen molar-refractivity contribution in [1.82, 2.24) is 0 Å². The minimum Gasteiger partial charge on any atom is -0.506 e. The summed E-state index contributed by atoms with van der Waals surface area (Å²) in [4.78, 5) is 0. The second kappa shape index (κ2) is 3.67. The van der Waals surface area contributed by atoms with Gasteiger partial charge in [-0.25, -0.2) is 0 Å². The molecule has 0 aromatic heterocycles. The molecule has 0 heterocycles. The van der Waals surface area contributed by atoms with Gasteiger partial charge in [0.2, 0.25) is 0 Å². The molecule has 0 saturated carbocycles. The van der Waals surface area contributed by atoms with Crippen LogP contribution in [0.25, 0.3) is 0 Å². The number of rotatable bonds is 1. The molecule has 0 aliphatic carbocycles. The quantitative estimate of drug-likeness (QED) is 0.772. The van der Waals surface area contributed by atoms with Crippen LogP contribution in [0, 0.1) is 0 Å². The molecule has 0 bridgehead atoms. The molecule has 0 radical (unpaired) electrons. The van der Waals surface area contributed by atoms with Gasteiger partial charge >= 0.3 is 6.18 Å². The van der Waals surface area contributed by atoms with Crippen molar-refractivity contribution in [2.45, 2.75) is 12.7 Å². The topological polar surface area (TPSA) is 46.2 Å². The Morgan fingerprint density at radius 1 is 1.36 bits per heavy atom. The minimum absolute atomic E-state index is 0.0664. The number of alkyl halides is 3. The van der Waals surface area contributed by atoms with E-state index in [0.29, 0.717) is 0 Å². The number of hydrogen-bond acceptors (Lipinski definition) is 2. The van der Waals surface area contributed by atoms with Gasteiger partial charge in [0.15, 0.2) is 0 Å². The Morgan fingerprint density at radius 2 is 1.93 bits per heavy atom. The number of phenolic OH excluding ortho intramolecular Hbond substituents is 1. The zero-order chi connectivity index (χ0) is 10.9. The third-order valence-corrected chi connectivity index (χ3v) is 1.95. The van der Waals surface area contributed by atoms with E-state index < -0.39 is 17.5 Å². The van der Waals surface area contributed by atoms with Crippen LogP contribution in [0.4, 0.5) is 13.2 Å². The summed E-state index contributed by atoms with van der Waals surface area (Å²) >= 11 is 5.40. The fourth-order valence-corrected chi connectivity index (χ4v) is 1.23. The van der Waals surface area contributed by atoms with Crippen LogP contribution in [0.1, 0.15) is 11.1 Å². The van der Waals surface area contributed by atoms with Crippen LogP contribution < -0.4 is 5.73 Å². The van der Waals surface area contributed by atoms with Crippen LogP contribution >= 0.6 is 11.6 Å². The van der Waals surface area contributed by atoms with Crippen molar-refractivity contribution in [3.63, 3.8) is 0 Å². The molecule has 1 aromatic carbocycles. The molecule has 3 N–H and O–H groups in total. The van der Waals surface area contributed by atoms with Gasteiger partial charge in [0.25, 0.3) is 0 Å². The molecule has 2 nitrogen and oxygen atoms in total. The second-order valence-electron chi connectivity index (χ2n) is 2.68. The zero-order valence-corrected chi connectivity index (χ0v) is 7.65. The van der Waals surface area contributed by atoms with Crippen LogP contribution in [0.2, 0.25) is 5.02 Å². The molecule has 14 heavy (non-hydrogen) atoms. The average Bonchev–Trinajstić information content (AvgIpc) is 2.07. The van der Waals surface area contributed by atoms with Gasteiger partial charge in [-0.05, 0) is 17.7 Å². The Labute approximate surface area is 83.1 Å². The molecule has 0 fully saturated rings. The highest BCUT2D eigenvalue weighted by atomic mass is 35.5. The summed E-state index contributed by atoms with van der Waals surface area (Å²) in [5, 5.41) is 8.71. The van der Waals surface area contributed by atoms with Crippen molar-refractivity contribution in [2.24, 2.45) is 5.73 Å². The maximum absolute atomic E-state index is 12.3. The molecule has 78 valence electrons. The number of nitrogens with two attached hydrogens (primary N) is 1. The Morgan fingerprint density at radius 3 is 2.36 bits per heavy atom. The monoisotopic (exact) mass is 225 g/mol. The Balaban J connectivity index is 3.35. The van der Waals surface area contributed by atoms with Gasteiger partial charge < -0.3 is 10.8 Å². The standard InChI is InChI=1S/C8H7ClF3NO/c9-6-2-4(3-13)1-5(7(6)14)8(10,11)12/h1-2,14H,3,13H2. The second-order valence-corrected chi connectivity index (χ2v) is 3.08. The van der Waals surface area contributed by atoms with Crippen molar-refractivity contribution in [3.8, 4) is 5.75 Å². The first-order valence-corrected chi connectivity index (χ1v) is 4.02. The summed E-state index contributed by atoms with van der Waals surface area (Å²) in [7, 11) is 0. The first-order chi connectivity index (χ1) is 6.36. The lowest BCUT2D eigenvalue weighted by molar-refractivity contribution is -0.138. The van der Waals surface area contributed by atoms with Gasteiger partial charge in [-0.2, -0.15) is 13.2 Å². The van der Waals surface area contributed by atoms with Crippen molar-refractivity contribution >= 4 is 11.6 Å². The first kappa shape index (κ1) is 11.1. The Hall–Kier alpha value is -0.940. The fourth-order valence-electron chi connectivity index (χ4n) is 0.989. The Kier molecular flexibility index (Phi) is 2.92. The molecule has 0 unspecified atom stereocenters. The van der Waals surface area contributed by atoms with Crippen molar-refractivity contribution < 1.29 is 18.3 Å². The fraction of sp³-hybridized carbons (Fsp3) is 0.250. The van der Waals surface area contributed by atoms with Crippen molar-refractivity contribution in [2.75, 3.05) is 0 Å². The molecular formula is C8H7ClF3NO. The molecule has 1 aromatic rings. The number of benzene rings is 1. The van der Waals surface area contributed by atoms with E-state index in [9.17, 15) is 13.2 Å². The van der Waals surface area contributed by atoms with Crippen molar-refractivity contribution in [3.05, 3.63) is 28.3 Å². The van der Waals surface area contributed by atoms with E-state index in [1.807, 2.05) is 0 Å². The third kappa shape index (κ3) is 2.10. The van der Waals surface area contributed by atoms with Gasteiger partial charge in [0.05, 0.1) is 10.6 Å². The van der Waals surface area contributed by atoms with Gasteiger partial charge in [0, 0.05) is 6.54 Å². The smallest absolute Gasteiger partial charge is 0.420 e. The highest BCUT2D eigenvalue weighted by Gasteiger charge is 2.35. The molecule has 0 spiro atoms. The van der Waals surface area contributed by atoms with Crippen molar-refractivity contribution in [1.29, 1.82) is 0 Å². The van der Waals surface area contributed by atoms with Gasteiger partial charge in [0.1, 0.15) is 5.75 Å². The van der Waals surface area contributed by atoms with Crippen LogP contribution in [-0.2, 0) is 12.7 Å². The maximum atomic E-state index is 12.3. The molecular weight excluding hydrogens is 219 g/mol. The van der Waals surface area contributed by atoms with E-state index in [-0.39, 0.29) is 17.1 Å². The van der Waals surface area contributed by atoms with E-state index >= 15 is 0 Å². The summed E-state index contributed by atoms with van der Waals surface area (Å²) in [6, 6.07) is 1.98. The third-order valence-electron chi connectivity index (χ3n) is 1.66. The SMILES string of the molecule is NCc1cc(Cl)c(O)c(C(F)(F)F)c1. The first-order valence-electron chi connectivity index (χ1n) is 3.65. The molecule has 6 heteroatoms. The number of halogens is 4. The van der Waals surface area contributed by atoms with Crippen LogP contribution in [0.5, 0.6) is 5.75 Å². The lowest BCUT2D eigenvalue weighted by atomic mass is 10.1. The average molecular weight is 226 g/mol. The normalized spacial score (nSPS) is 11.8. The minimum atomic E-state index is -4.63. The lowest BCUT2D eigenvalue weighted by Crippen LogP contribution is -2.07. The van der Waals surface area contributed by atoms with Gasteiger partial charge in [-0.3, -0.25) is 0 Å². The molecule has 0 saturated heterocycles. The van der Waals surface area contributed by atoms with Crippen LogP contribution in [-0.4, -0.2) is 5.11 Å². The number of phenols is 1. The molecule has 0 atom stereocenters. The van der Waals surface area contributed by atoms with E-state index in [1.54, 1.807) is 0 Å². The largest absolute Gasteiger partial charge is 0.506 e. The molecule has 0 aliphatic heterocycles. The van der Waals surface area contributed by atoms with Gasteiger partial charge in [-0.15, -0.1) is 0 Å². The van der Waals surface area contributed by atoms with E-state index in [2.05, 4.69) is 0 Å². The summed E-state index contributed by atoms with van der Waals surface area (Å²) in [6.45, 7) is -0.0664. The van der Waals surface area contributed by atoms with Crippen LogP contribution in [0.3, 0.4) is 0 Å². The molecule has 0 amide bonds. The van der Waals surface area contributed by atoms with Crippen LogP contribution in [0.15, 0.2) is 12.1 Å². The molecule has 1 rings (SSSR count). The highest BCUT2D eigenvalue weighted by Crippen LogP contribution is 2.40. The predicted molar refractivity (Wildman–Crippen MR) is 46.0 cm³/mol. The van der Waals surface area contributed by atoms with Gasteiger partial charge in [-0.1, -0.05) is 11.6 Å². The summed E-state index contributed by atoms with van der Waals surface area (Å²) in [5.41, 5.74) is 4.23.